The van der Waals surface area contributed by atoms with Gasteiger partial charge in [0.15, 0.2) is 0 Å². The highest BCUT2D eigenvalue weighted by Crippen LogP contribution is 2.14. The molecule has 0 aliphatic carbocycles. The molecule has 0 aromatic heterocycles. The molecule has 0 heterocycles. The fourth-order valence-corrected chi connectivity index (χ4v) is 2.09. The van der Waals surface area contributed by atoms with Gasteiger partial charge in [-0.1, -0.05) is 37.6 Å². The Morgan fingerprint density at radius 2 is 1.90 bits per heavy atom. The monoisotopic (exact) mass is 276 g/mol. The number of aryl methyl sites for hydroxylation is 1. The van der Waals surface area contributed by atoms with Gasteiger partial charge in [0.1, 0.15) is 0 Å². The Morgan fingerprint density at radius 1 is 1.25 bits per heavy atom. The van der Waals surface area contributed by atoms with Crippen LogP contribution in [0.3, 0.4) is 0 Å². The first-order valence-electron chi connectivity index (χ1n) is 7.57. The first-order chi connectivity index (χ1) is 9.54. The van der Waals surface area contributed by atoms with Crippen LogP contribution in [-0.2, 0) is 11.2 Å². The zero-order chi connectivity index (χ0) is 15.0. The average Bonchev–Trinajstić information content (AvgIpc) is 2.45. The predicted molar refractivity (Wildman–Crippen MR) is 84.8 cm³/mol. The number of hydrogen-bond donors (Lipinski definition) is 1. The largest absolute Gasteiger partial charge is 0.349 e. The molecule has 0 radical (unpaired) electrons. The summed E-state index contributed by atoms with van der Waals surface area (Å²) in [5.41, 5.74) is 2.69. The van der Waals surface area contributed by atoms with Gasteiger partial charge < -0.3 is 10.2 Å². The van der Waals surface area contributed by atoms with E-state index in [1.165, 1.54) is 24.0 Å². The van der Waals surface area contributed by atoms with E-state index in [1.807, 2.05) is 0 Å². The van der Waals surface area contributed by atoms with E-state index in [-0.39, 0.29) is 11.9 Å². The summed E-state index contributed by atoms with van der Waals surface area (Å²) >= 11 is 0. The van der Waals surface area contributed by atoms with Gasteiger partial charge in [-0.2, -0.15) is 0 Å². The molecule has 1 aromatic rings. The van der Waals surface area contributed by atoms with Gasteiger partial charge in [-0.3, -0.25) is 4.79 Å². The van der Waals surface area contributed by atoms with Crippen molar-refractivity contribution in [2.75, 3.05) is 20.6 Å². The van der Waals surface area contributed by atoms with Crippen molar-refractivity contribution < 1.29 is 4.79 Å². The molecule has 0 aliphatic heterocycles. The second kappa shape index (κ2) is 8.75. The van der Waals surface area contributed by atoms with Gasteiger partial charge in [0.2, 0.25) is 5.91 Å². The van der Waals surface area contributed by atoms with E-state index in [4.69, 9.17) is 0 Å². The molecule has 1 aromatic carbocycles. The zero-order valence-corrected chi connectivity index (χ0v) is 13.3. The molecule has 112 valence electrons. The lowest BCUT2D eigenvalue weighted by Gasteiger charge is -2.16. The van der Waals surface area contributed by atoms with Crippen molar-refractivity contribution >= 4 is 5.91 Å². The van der Waals surface area contributed by atoms with Crippen LogP contribution in [0.25, 0.3) is 0 Å². The standard InChI is InChI=1S/C17H28N2O/c1-5-6-7-15-8-10-16(11-9-15)14(2)18-13-12-17(20)19(3)4/h8-11,14,18H,5-7,12-13H2,1-4H3. The van der Waals surface area contributed by atoms with Crippen molar-refractivity contribution in [1.29, 1.82) is 0 Å². The molecule has 0 bridgehead atoms. The number of nitrogens with one attached hydrogen (secondary N) is 1. The molecule has 3 heteroatoms. The molecule has 1 rings (SSSR count). The zero-order valence-electron chi connectivity index (χ0n) is 13.3. The van der Waals surface area contributed by atoms with Crippen LogP contribution in [0.1, 0.15) is 50.3 Å². The van der Waals surface area contributed by atoms with Crippen LogP contribution in [0, 0.1) is 0 Å². The molecular formula is C17H28N2O. The number of rotatable bonds is 8. The molecule has 0 spiro atoms. The summed E-state index contributed by atoms with van der Waals surface area (Å²) in [7, 11) is 3.58. The van der Waals surface area contributed by atoms with Gasteiger partial charge in [-0.25, -0.2) is 0 Å². The maximum Gasteiger partial charge on any atom is 0.223 e. The van der Waals surface area contributed by atoms with Gasteiger partial charge in [0.05, 0.1) is 0 Å². The molecular weight excluding hydrogens is 248 g/mol. The summed E-state index contributed by atoms with van der Waals surface area (Å²) in [6.07, 6.45) is 4.20. The fourth-order valence-electron chi connectivity index (χ4n) is 2.09. The number of unbranched alkanes of at least 4 members (excludes halogenated alkanes) is 1. The lowest BCUT2D eigenvalue weighted by molar-refractivity contribution is -0.128. The van der Waals surface area contributed by atoms with E-state index in [0.717, 1.165) is 13.0 Å². The van der Waals surface area contributed by atoms with Crippen molar-refractivity contribution in [1.82, 2.24) is 10.2 Å². The molecule has 0 aliphatic rings. The molecule has 3 nitrogen and oxygen atoms in total. The minimum Gasteiger partial charge on any atom is -0.349 e. The SMILES string of the molecule is CCCCc1ccc(C(C)NCCC(=O)N(C)C)cc1. The third-order valence-electron chi connectivity index (χ3n) is 3.59. The average molecular weight is 276 g/mol. The minimum atomic E-state index is 0.166. The maximum atomic E-state index is 11.5. The van der Waals surface area contributed by atoms with Crippen LogP contribution in [-0.4, -0.2) is 31.4 Å². The number of benzene rings is 1. The highest BCUT2D eigenvalue weighted by Gasteiger charge is 2.07. The summed E-state index contributed by atoms with van der Waals surface area (Å²) < 4.78 is 0. The molecule has 1 amide bonds. The van der Waals surface area contributed by atoms with Crippen molar-refractivity contribution in [3.63, 3.8) is 0 Å². The van der Waals surface area contributed by atoms with Crippen molar-refractivity contribution in [3.05, 3.63) is 35.4 Å². The van der Waals surface area contributed by atoms with E-state index in [0.29, 0.717) is 6.42 Å². The van der Waals surface area contributed by atoms with Gasteiger partial charge in [0, 0.05) is 33.1 Å². The van der Waals surface area contributed by atoms with Crippen LogP contribution in [0.5, 0.6) is 0 Å². The van der Waals surface area contributed by atoms with Gasteiger partial charge in [-0.15, -0.1) is 0 Å². The van der Waals surface area contributed by atoms with E-state index >= 15 is 0 Å². The second-order valence-corrected chi connectivity index (χ2v) is 5.56. The smallest absolute Gasteiger partial charge is 0.223 e. The Morgan fingerprint density at radius 3 is 2.45 bits per heavy atom. The first-order valence-corrected chi connectivity index (χ1v) is 7.57. The van der Waals surface area contributed by atoms with Crippen molar-refractivity contribution in [3.8, 4) is 0 Å². The van der Waals surface area contributed by atoms with Gasteiger partial charge in [0.25, 0.3) is 0 Å². The highest BCUT2D eigenvalue weighted by molar-refractivity contribution is 5.75. The predicted octanol–water partition coefficient (Wildman–Crippen LogP) is 3.16. The topological polar surface area (TPSA) is 32.3 Å². The Kier molecular flexibility index (Phi) is 7.31. The summed E-state index contributed by atoms with van der Waals surface area (Å²) in [5, 5.41) is 3.40. The first kappa shape index (κ1) is 16.7. The Balaban J connectivity index is 2.39. The van der Waals surface area contributed by atoms with Crippen molar-refractivity contribution in [2.45, 2.75) is 45.6 Å². The highest BCUT2D eigenvalue weighted by atomic mass is 16.2. The number of hydrogen-bond acceptors (Lipinski definition) is 2. The number of amides is 1. The minimum absolute atomic E-state index is 0.166. The van der Waals surface area contributed by atoms with Gasteiger partial charge >= 0.3 is 0 Å². The summed E-state index contributed by atoms with van der Waals surface area (Å²) in [5.74, 6) is 0.166. The maximum absolute atomic E-state index is 11.5. The van der Waals surface area contributed by atoms with E-state index in [1.54, 1.807) is 19.0 Å². The Bertz CT molecular complexity index is 398. The number of carbonyl (C=O) groups is 1. The summed E-state index contributed by atoms with van der Waals surface area (Å²) in [6, 6.07) is 9.10. The lowest BCUT2D eigenvalue weighted by Crippen LogP contribution is -2.28. The Labute approximate surface area is 123 Å². The van der Waals surface area contributed by atoms with Crippen LogP contribution < -0.4 is 5.32 Å². The third-order valence-corrected chi connectivity index (χ3v) is 3.59. The molecule has 0 saturated carbocycles. The van der Waals surface area contributed by atoms with E-state index in [9.17, 15) is 4.79 Å². The molecule has 1 atom stereocenters. The molecule has 0 fully saturated rings. The summed E-state index contributed by atoms with van der Waals surface area (Å²) in [4.78, 5) is 13.1. The van der Waals surface area contributed by atoms with Crippen LogP contribution in [0.15, 0.2) is 24.3 Å². The van der Waals surface area contributed by atoms with E-state index < -0.39 is 0 Å². The number of nitrogens with zero attached hydrogens (tertiary/aromatic N) is 1. The Hall–Kier alpha value is -1.35. The van der Waals surface area contributed by atoms with Crippen LogP contribution >= 0.6 is 0 Å². The van der Waals surface area contributed by atoms with Crippen LogP contribution in [0.2, 0.25) is 0 Å². The molecule has 20 heavy (non-hydrogen) atoms. The summed E-state index contributed by atoms with van der Waals surface area (Å²) in [6.45, 7) is 5.08. The normalized spacial score (nSPS) is 12.2. The second-order valence-electron chi connectivity index (χ2n) is 5.56. The molecule has 1 unspecified atom stereocenters. The molecule has 1 N–H and O–H groups in total. The van der Waals surface area contributed by atoms with Crippen molar-refractivity contribution in [2.24, 2.45) is 0 Å². The molecule has 0 saturated heterocycles. The quantitative estimate of drug-likeness (QED) is 0.791. The fraction of sp³-hybridized carbons (Fsp3) is 0.588. The number of carbonyl (C=O) groups excluding carboxylic acids is 1. The third kappa shape index (κ3) is 5.74. The van der Waals surface area contributed by atoms with E-state index in [2.05, 4.69) is 43.4 Å². The van der Waals surface area contributed by atoms with Crippen LogP contribution in [0.4, 0.5) is 0 Å². The van der Waals surface area contributed by atoms with Gasteiger partial charge in [-0.05, 0) is 30.9 Å². The lowest BCUT2D eigenvalue weighted by atomic mass is 10.0.